The Hall–Kier alpha value is -3.00. The Balaban J connectivity index is 1.53. The monoisotopic (exact) mass is 429 g/mol. The maximum absolute atomic E-state index is 14.0. The van der Waals surface area contributed by atoms with Crippen LogP contribution in [0.3, 0.4) is 0 Å². The summed E-state index contributed by atoms with van der Waals surface area (Å²) in [6.07, 6.45) is 0.634. The third-order valence-electron chi connectivity index (χ3n) is 5.85. The van der Waals surface area contributed by atoms with Crippen LogP contribution in [0.5, 0.6) is 0 Å². The molecule has 164 valence electrons. The second-order valence-electron chi connectivity index (χ2n) is 7.94. The standard InChI is InChI=1S/C23H25F2N3O3/c24-19-6-7-21(20(25)13-19)26-23(30)28-14-17(16-4-2-1-3-5-16)12-18(15-28)22(29)27-8-10-31-11-9-27/h1-7,13,17-18H,8-12,14-15H2,(H,26,30). The molecule has 0 bridgehead atoms. The Labute approximate surface area is 179 Å². The lowest BCUT2D eigenvalue weighted by atomic mass is 9.84. The zero-order chi connectivity index (χ0) is 21.8. The molecule has 0 aliphatic carbocycles. The van der Waals surface area contributed by atoms with E-state index in [1.807, 2.05) is 30.3 Å². The summed E-state index contributed by atoms with van der Waals surface area (Å²) in [5.41, 5.74) is 0.956. The summed E-state index contributed by atoms with van der Waals surface area (Å²) in [7, 11) is 0. The SMILES string of the molecule is O=C(Nc1ccc(F)cc1F)N1CC(C(=O)N2CCOCC2)CC(c2ccccc2)C1. The number of urea groups is 1. The highest BCUT2D eigenvalue weighted by Gasteiger charge is 2.37. The number of piperidine rings is 1. The van der Waals surface area contributed by atoms with Gasteiger partial charge in [-0.25, -0.2) is 13.6 Å². The zero-order valence-electron chi connectivity index (χ0n) is 17.1. The van der Waals surface area contributed by atoms with Crippen molar-refractivity contribution in [2.24, 2.45) is 5.92 Å². The number of hydrogen-bond donors (Lipinski definition) is 1. The molecule has 2 unspecified atom stereocenters. The van der Waals surface area contributed by atoms with Gasteiger partial charge in [0, 0.05) is 38.2 Å². The third kappa shape index (κ3) is 5.02. The number of ether oxygens (including phenoxy) is 1. The molecular weight excluding hydrogens is 404 g/mol. The Morgan fingerprint density at radius 3 is 2.42 bits per heavy atom. The minimum Gasteiger partial charge on any atom is -0.378 e. The lowest BCUT2D eigenvalue weighted by molar-refractivity contribution is -0.141. The van der Waals surface area contributed by atoms with E-state index in [0.29, 0.717) is 39.3 Å². The molecule has 2 aliphatic rings. The summed E-state index contributed by atoms with van der Waals surface area (Å²) in [6, 6.07) is 12.3. The molecule has 2 saturated heterocycles. The number of amides is 3. The van der Waals surface area contributed by atoms with Gasteiger partial charge in [0.1, 0.15) is 11.6 Å². The summed E-state index contributed by atoms with van der Waals surface area (Å²) >= 11 is 0. The highest BCUT2D eigenvalue weighted by Crippen LogP contribution is 2.32. The summed E-state index contributed by atoms with van der Waals surface area (Å²) in [6.45, 7) is 2.75. The number of morpholine rings is 1. The van der Waals surface area contributed by atoms with E-state index in [1.165, 1.54) is 6.07 Å². The maximum Gasteiger partial charge on any atom is 0.321 e. The van der Waals surface area contributed by atoms with E-state index in [-0.39, 0.29) is 30.0 Å². The number of carbonyl (C=O) groups excluding carboxylic acids is 2. The largest absolute Gasteiger partial charge is 0.378 e. The maximum atomic E-state index is 14.0. The van der Waals surface area contributed by atoms with Crippen molar-refractivity contribution in [3.63, 3.8) is 0 Å². The van der Waals surface area contributed by atoms with Crippen LogP contribution in [0.1, 0.15) is 17.9 Å². The number of benzene rings is 2. The fourth-order valence-electron chi connectivity index (χ4n) is 4.24. The first-order valence-electron chi connectivity index (χ1n) is 10.4. The molecule has 0 aromatic heterocycles. The quantitative estimate of drug-likeness (QED) is 0.813. The molecule has 2 aromatic carbocycles. The van der Waals surface area contributed by atoms with Gasteiger partial charge >= 0.3 is 6.03 Å². The lowest BCUT2D eigenvalue weighted by Crippen LogP contribution is -2.52. The van der Waals surface area contributed by atoms with Gasteiger partial charge in [-0.3, -0.25) is 4.79 Å². The molecule has 2 aromatic rings. The van der Waals surface area contributed by atoms with Crippen molar-refractivity contribution in [3.05, 3.63) is 65.7 Å². The van der Waals surface area contributed by atoms with Crippen molar-refractivity contribution in [2.45, 2.75) is 12.3 Å². The van der Waals surface area contributed by atoms with Crippen LogP contribution in [0.25, 0.3) is 0 Å². The molecule has 1 N–H and O–H groups in total. The summed E-state index contributed by atoms with van der Waals surface area (Å²) < 4.78 is 32.5. The molecule has 31 heavy (non-hydrogen) atoms. The van der Waals surface area contributed by atoms with E-state index in [2.05, 4.69) is 5.32 Å². The van der Waals surface area contributed by atoms with Gasteiger partial charge in [0.05, 0.1) is 24.8 Å². The molecule has 8 heteroatoms. The van der Waals surface area contributed by atoms with Crippen molar-refractivity contribution in [1.82, 2.24) is 9.80 Å². The zero-order valence-corrected chi connectivity index (χ0v) is 17.1. The molecule has 3 amide bonds. The highest BCUT2D eigenvalue weighted by atomic mass is 19.1. The topological polar surface area (TPSA) is 61.9 Å². The average Bonchev–Trinajstić information content (AvgIpc) is 2.81. The second kappa shape index (κ2) is 9.43. The number of anilines is 1. The van der Waals surface area contributed by atoms with Crippen LogP contribution in [0.4, 0.5) is 19.3 Å². The second-order valence-corrected chi connectivity index (χ2v) is 7.94. The molecule has 4 rings (SSSR count). The van der Waals surface area contributed by atoms with Gasteiger partial charge in [-0.05, 0) is 24.1 Å². The van der Waals surface area contributed by atoms with Gasteiger partial charge < -0.3 is 19.9 Å². The number of halogens is 2. The van der Waals surface area contributed by atoms with E-state index in [4.69, 9.17) is 4.74 Å². The van der Waals surface area contributed by atoms with Crippen LogP contribution in [0.15, 0.2) is 48.5 Å². The van der Waals surface area contributed by atoms with Crippen molar-refractivity contribution in [3.8, 4) is 0 Å². The van der Waals surface area contributed by atoms with Gasteiger partial charge in [0.25, 0.3) is 0 Å². The Bertz CT molecular complexity index is 935. The van der Waals surface area contributed by atoms with Gasteiger partial charge in [0.15, 0.2) is 0 Å². The van der Waals surface area contributed by atoms with Crippen molar-refractivity contribution in [2.75, 3.05) is 44.7 Å². The molecule has 0 spiro atoms. The number of likely N-dealkylation sites (tertiary alicyclic amines) is 1. The first kappa shape index (κ1) is 21.2. The summed E-state index contributed by atoms with van der Waals surface area (Å²) in [4.78, 5) is 29.4. The van der Waals surface area contributed by atoms with E-state index in [9.17, 15) is 18.4 Å². The van der Waals surface area contributed by atoms with Crippen LogP contribution in [0, 0.1) is 17.6 Å². The normalized spacial score (nSPS) is 21.6. The molecule has 2 aliphatic heterocycles. The molecule has 6 nitrogen and oxygen atoms in total. The van der Waals surface area contributed by atoms with E-state index < -0.39 is 17.7 Å². The van der Waals surface area contributed by atoms with Crippen LogP contribution < -0.4 is 5.32 Å². The van der Waals surface area contributed by atoms with Crippen molar-refractivity contribution < 1.29 is 23.1 Å². The minimum atomic E-state index is -0.842. The van der Waals surface area contributed by atoms with E-state index in [0.717, 1.165) is 17.7 Å². The molecular formula is C23H25F2N3O3. The Morgan fingerprint density at radius 2 is 1.71 bits per heavy atom. The third-order valence-corrected chi connectivity index (χ3v) is 5.85. The molecule has 0 radical (unpaired) electrons. The molecule has 2 fully saturated rings. The smallest absolute Gasteiger partial charge is 0.321 e. The minimum absolute atomic E-state index is 0.00898. The molecule has 2 heterocycles. The van der Waals surface area contributed by atoms with Crippen LogP contribution in [0.2, 0.25) is 0 Å². The lowest BCUT2D eigenvalue weighted by Gasteiger charge is -2.39. The average molecular weight is 429 g/mol. The van der Waals surface area contributed by atoms with Crippen molar-refractivity contribution in [1.29, 1.82) is 0 Å². The van der Waals surface area contributed by atoms with E-state index in [1.54, 1.807) is 9.80 Å². The molecule has 0 saturated carbocycles. The van der Waals surface area contributed by atoms with Crippen LogP contribution >= 0.6 is 0 Å². The number of hydrogen-bond acceptors (Lipinski definition) is 3. The number of nitrogens with one attached hydrogen (secondary N) is 1. The fraction of sp³-hybridized carbons (Fsp3) is 0.391. The van der Waals surface area contributed by atoms with Crippen molar-refractivity contribution >= 4 is 17.6 Å². The Kier molecular flexibility index (Phi) is 6.46. The number of nitrogens with zero attached hydrogens (tertiary/aromatic N) is 2. The van der Waals surface area contributed by atoms with Crippen LogP contribution in [-0.2, 0) is 9.53 Å². The van der Waals surface area contributed by atoms with E-state index >= 15 is 0 Å². The highest BCUT2D eigenvalue weighted by molar-refractivity contribution is 5.90. The first-order valence-corrected chi connectivity index (χ1v) is 10.4. The van der Waals surface area contributed by atoms with Gasteiger partial charge in [-0.15, -0.1) is 0 Å². The molecule has 2 atom stereocenters. The summed E-state index contributed by atoms with van der Waals surface area (Å²) in [5.74, 6) is -1.93. The van der Waals surface area contributed by atoms with Crippen LogP contribution in [-0.4, -0.2) is 61.1 Å². The van der Waals surface area contributed by atoms with Gasteiger partial charge in [-0.1, -0.05) is 30.3 Å². The number of carbonyl (C=O) groups is 2. The summed E-state index contributed by atoms with van der Waals surface area (Å²) in [5, 5.41) is 2.52. The predicted octanol–water partition coefficient (Wildman–Crippen LogP) is 3.46. The van der Waals surface area contributed by atoms with Gasteiger partial charge in [0.2, 0.25) is 5.91 Å². The first-order chi connectivity index (χ1) is 15.0. The number of rotatable bonds is 3. The Morgan fingerprint density at radius 1 is 0.968 bits per heavy atom. The fourth-order valence-corrected chi connectivity index (χ4v) is 4.24. The van der Waals surface area contributed by atoms with Gasteiger partial charge in [-0.2, -0.15) is 0 Å². The predicted molar refractivity (Wildman–Crippen MR) is 112 cm³/mol.